The van der Waals surface area contributed by atoms with Crippen molar-refractivity contribution in [3.63, 3.8) is 0 Å². The molecule has 0 spiro atoms. The number of hydrogen-bond donors (Lipinski definition) is 1. The fourth-order valence-corrected chi connectivity index (χ4v) is 3.47. The van der Waals surface area contributed by atoms with Crippen molar-refractivity contribution in [2.24, 2.45) is 0 Å². The molecule has 2 aromatic rings. The number of aryl methyl sites for hydroxylation is 2. The van der Waals surface area contributed by atoms with E-state index in [4.69, 9.17) is 9.72 Å². The highest BCUT2D eigenvalue weighted by atomic mass is 19.1. The highest BCUT2D eigenvalue weighted by Gasteiger charge is 2.26. The smallest absolute Gasteiger partial charge is 0.326 e. The molecular weight excluding hydrogens is 361 g/mol. The van der Waals surface area contributed by atoms with Crippen molar-refractivity contribution >= 4 is 11.7 Å². The van der Waals surface area contributed by atoms with E-state index in [0.717, 1.165) is 30.5 Å². The molecule has 1 aliphatic heterocycles. The Morgan fingerprint density at radius 3 is 2.75 bits per heavy atom. The number of carbonyl (C=O) groups excluding carboxylic acids is 1. The SMILES string of the molecule is CCCCc1nc2c(c(=O)n1CC(=O)OCC)N[C@H](c1ccc(F)cc1)CC2. The fraction of sp³-hybridized carbons (Fsp3) is 0.476. The zero-order chi connectivity index (χ0) is 20.1. The number of ether oxygens (including phenoxy) is 1. The number of nitrogens with zero attached hydrogens (tertiary/aromatic N) is 2. The van der Waals surface area contributed by atoms with Crippen LogP contribution >= 0.6 is 0 Å². The number of nitrogens with one attached hydrogen (secondary N) is 1. The van der Waals surface area contributed by atoms with E-state index in [1.807, 2.05) is 0 Å². The number of rotatable bonds is 7. The predicted molar refractivity (Wildman–Crippen MR) is 105 cm³/mol. The molecule has 0 bridgehead atoms. The summed E-state index contributed by atoms with van der Waals surface area (Å²) in [6.07, 6.45) is 3.91. The van der Waals surface area contributed by atoms with Gasteiger partial charge in [-0.15, -0.1) is 0 Å². The summed E-state index contributed by atoms with van der Waals surface area (Å²) in [6.45, 7) is 3.93. The third kappa shape index (κ3) is 4.40. The molecule has 0 fully saturated rings. The van der Waals surface area contributed by atoms with Gasteiger partial charge in [0.1, 0.15) is 23.9 Å². The molecule has 1 atom stereocenters. The average Bonchev–Trinajstić information content (AvgIpc) is 2.69. The lowest BCUT2D eigenvalue weighted by molar-refractivity contribution is -0.143. The molecule has 0 saturated carbocycles. The Morgan fingerprint density at radius 1 is 1.32 bits per heavy atom. The summed E-state index contributed by atoms with van der Waals surface area (Å²) in [5, 5.41) is 3.26. The second kappa shape index (κ2) is 8.99. The fourth-order valence-electron chi connectivity index (χ4n) is 3.47. The van der Waals surface area contributed by atoms with Gasteiger partial charge in [-0.25, -0.2) is 9.37 Å². The average molecular weight is 387 g/mol. The summed E-state index contributed by atoms with van der Waals surface area (Å²) in [4.78, 5) is 29.9. The third-order valence-electron chi connectivity index (χ3n) is 4.93. The normalized spacial score (nSPS) is 15.6. The molecular formula is C21H26FN3O3. The van der Waals surface area contributed by atoms with Crippen LogP contribution in [0.1, 0.15) is 56.2 Å². The summed E-state index contributed by atoms with van der Waals surface area (Å²) in [6, 6.07) is 6.17. The predicted octanol–water partition coefficient (Wildman–Crippen LogP) is 3.39. The van der Waals surface area contributed by atoms with Crippen molar-refractivity contribution < 1.29 is 13.9 Å². The van der Waals surface area contributed by atoms with E-state index in [1.54, 1.807) is 19.1 Å². The number of aromatic nitrogens is 2. The molecule has 28 heavy (non-hydrogen) atoms. The lowest BCUT2D eigenvalue weighted by Gasteiger charge is -2.27. The van der Waals surface area contributed by atoms with Crippen molar-refractivity contribution in [3.05, 3.63) is 57.5 Å². The molecule has 0 amide bonds. The zero-order valence-corrected chi connectivity index (χ0v) is 16.3. The third-order valence-corrected chi connectivity index (χ3v) is 4.93. The first-order valence-corrected chi connectivity index (χ1v) is 9.83. The van der Waals surface area contributed by atoms with Gasteiger partial charge in [0.25, 0.3) is 5.56 Å². The molecule has 0 saturated heterocycles. The number of carbonyl (C=O) groups is 1. The summed E-state index contributed by atoms with van der Waals surface area (Å²) < 4.78 is 19.7. The summed E-state index contributed by atoms with van der Waals surface area (Å²) >= 11 is 0. The van der Waals surface area contributed by atoms with Crippen molar-refractivity contribution in [2.45, 2.75) is 58.5 Å². The van der Waals surface area contributed by atoms with Crippen LogP contribution in [0.2, 0.25) is 0 Å². The Morgan fingerprint density at radius 2 is 2.07 bits per heavy atom. The molecule has 1 aromatic carbocycles. The van der Waals surface area contributed by atoms with E-state index in [0.29, 0.717) is 24.4 Å². The van der Waals surface area contributed by atoms with Crippen LogP contribution < -0.4 is 10.9 Å². The summed E-state index contributed by atoms with van der Waals surface area (Å²) in [5.41, 5.74) is 1.81. The number of benzene rings is 1. The molecule has 150 valence electrons. The van der Waals surface area contributed by atoms with E-state index in [1.165, 1.54) is 16.7 Å². The minimum atomic E-state index is -0.449. The number of unbranched alkanes of at least 4 members (excludes halogenated alkanes) is 1. The highest BCUT2D eigenvalue weighted by molar-refractivity contribution is 5.69. The van der Waals surface area contributed by atoms with Crippen LogP contribution in [0.25, 0.3) is 0 Å². The van der Waals surface area contributed by atoms with E-state index in [-0.39, 0.29) is 30.6 Å². The van der Waals surface area contributed by atoms with E-state index >= 15 is 0 Å². The van der Waals surface area contributed by atoms with Crippen molar-refractivity contribution in [3.8, 4) is 0 Å². The van der Waals surface area contributed by atoms with Gasteiger partial charge in [-0.3, -0.25) is 14.2 Å². The molecule has 0 radical (unpaired) electrons. The lowest BCUT2D eigenvalue weighted by Crippen LogP contribution is -2.35. The van der Waals surface area contributed by atoms with Crippen molar-refractivity contribution in [2.75, 3.05) is 11.9 Å². The molecule has 1 N–H and O–H groups in total. The Bertz CT molecular complexity index is 893. The number of halogens is 1. The minimum Gasteiger partial charge on any atom is -0.465 e. The van der Waals surface area contributed by atoms with Crippen molar-refractivity contribution in [1.29, 1.82) is 0 Å². The maximum absolute atomic E-state index is 13.2. The Hall–Kier alpha value is -2.70. The number of fused-ring (bicyclic) bond motifs is 1. The molecule has 7 heteroatoms. The minimum absolute atomic E-state index is 0.0971. The van der Waals surface area contributed by atoms with Crippen molar-refractivity contribution in [1.82, 2.24) is 9.55 Å². The van der Waals surface area contributed by atoms with E-state index < -0.39 is 5.97 Å². The van der Waals surface area contributed by atoms with Gasteiger partial charge in [0.2, 0.25) is 0 Å². The maximum atomic E-state index is 13.2. The summed E-state index contributed by atoms with van der Waals surface area (Å²) in [7, 11) is 0. The van der Waals surface area contributed by atoms with Gasteiger partial charge in [-0.05, 0) is 43.9 Å². The van der Waals surface area contributed by atoms with Gasteiger partial charge >= 0.3 is 5.97 Å². The first-order valence-electron chi connectivity index (χ1n) is 9.83. The van der Waals surface area contributed by atoms with Gasteiger partial charge < -0.3 is 10.1 Å². The molecule has 2 heterocycles. The largest absolute Gasteiger partial charge is 0.465 e. The molecule has 0 aliphatic carbocycles. The quantitative estimate of drug-likeness (QED) is 0.738. The number of esters is 1. The molecule has 1 aliphatic rings. The second-order valence-electron chi connectivity index (χ2n) is 6.94. The van der Waals surface area contributed by atoms with E-state index in [9.17, 15) is 14.0 Å². The lowest BCUT2D eigenvalue weighted by atomic mass is 9.96. The Kier molecular flexibility index (Phi) is 6.44. The number of hydrogen-bond acceptors (Lipinski definition) is 5. The first kappa shape index (κ1) is 20.0. The van der Waals surface area contributed by atoms with Crippen LogP contribution in [0.5, 0.6) is 0 Å². The number of anilines is 1. The molecule has 0 unspecified atom stereocenters. The van der Waals surface area contributed by atoms with E-state index in [2.05, 4.69) is 12.2 Å². The molecule has 1 aromatic heterocycles. The van der Waals surface area contributed by atoms with Gasteiger partial charge in [-0.1, -0.05) is 25.5 Å². The van der Waals surface area contributed by atoms with Gasteiger partial charge in [0.15, 0.2) is 0 Å². The monoisotopic (exact) mass is 387 g/mol. The summed E-state index contributed by atoms with van der Waals surface area (Å²) in [5.74, 6) is -0.116. The highest BCUT2D eigenvalue weighted by Crippen LogP contribution is 2.30. The zero-order valence-electron chi connectivity index (χ0n) is 16.3. The van der Waals surface area contributed by atoms with Gasteiger partial charge in [0.05, 0.1) is 18.3 Å². The molecule has 3 rings (SSSR count). The topological polar surface area (TPSA) is 73.2 Å². The van der Waals surface area contributed by atoms with Gasteiger partial charge in [-0.2, -0.15) is 0 Å². The molecule has 6 nitrogen and oxygen atoms in total. The standard InChI is InChI=1S/C21H26FN3O3/c1-3-5-6-18-23-17-12-11-16(14-7-9-15(22)10-8-14)24-20(17)21(27)25(18)13-19(26)28-4-2/h7-10,16,24H,3-6,11-13H2,1-2H3/t16-/m0/s1. The van der Waals surface area contributed by atoms with Crippen LogP contribution in [-0.4, -0.2) is 22.1 Å². The van der Waals surface area contributed by atoms with Crippen LogP contribution in [0.15, 0.2) is 29.1 Å². The van der Waals surface area contributed by atoms with Gasteiger partial charge in [0, 0.05) is 6.42 Å². The Labute approximate surface area is 163 Å². The maximum Gasteiger partial charge on any atom is 0.326 e. The Balaban J connectivity index is 1.95. The van der Waals surface area contributed by atoms with Crippen LogP contribution in [0.3, 0.4) is 0 Å². The first-order chi connectivity index (χ1) is 13.5. The van der Waals surface area contributed by atoms with Crippen LogP contribution in [-0.2, 0) is 28.9 Å². The van der Waals surface area contributed by atoms with Crippen LogP contribution in [0.4, 0.5) is 10.1 Å². The second-order valence-corrected chi connectivity index (χ2v) is 6.94. The van der Waals surface area contributed by atoms with Crippen LogP contribution in [0, 0.1) is 5.82 Å².